The quantitative estimate of drug-likeness (QED) is 0.874. The summed E-state index contributed by atoms with van der Waals surface area (Å²) in [5, 5.41) is 10.5. The lowest BCUT2D eigenvalue weighted by Gasteiger charge is -2.34. The predicted octanol–water partition coefficient (Wildman–Crippen LogP) is 3.56. The van der Waals surface area contributed by atoms with E-state index in [0.717, 1.165) is 12.8 Å². The summed E-state index contributed by atoms with van der Waals surface area (Å²) in [6.45, 7) is 1.40. The van der Waals surface area contributed by atoms with E-state index in [9.17, 15) is 14.7 Å². The van der Waals surface area contributed by atoms with Crippen LogP contribution >= 0.6 is 11.6 Å². The number of phenolic OH excluding ortho intramolecular Hbond substituents is 1. The van der Waals surface area contributed by atoms with Crippen molar-refractivity contribution in [3.63, 3.8) is 0 Å². The molecule has 1 N–H and O–H groups in total. The van der Waals surface area contributed by atoms with Gasteiger partial charge in [-0.15, -0.1) is 0 Å². The van der Waals surface area contributed by atoms with Gasteiger partial charge in [0.05, 0.1) is 5.92 Å². The van der Waals surface area contributed by atoms with Crippen molar-refractivity contribution >= 4 is 23.4 Å². The van der Waals surface area contributed by atoms with Gasteiger partial charge in [-0.1, -0.05) is 29.8 Å². The largest absolute Gasteiger partial charge is 0.508 e. The lowest BCUT2D eigenvalue weighted by atomic mass is 9.95. The van der Waals surface area contributed by atoms with E-state index in [1.807, 2.05) is 6.07 Å². The third-order valence-electron chi connectivity index (χ3n) is 4.92. The molecule has 6 heteroatoms. The molecule has 0 bridgehead atoms. The first kappa shape index (κ1) is 19.2. The molecule has 5 nitrogen and oxygen atoms in total. The molecule has 0 aromatic heterocycles. The molecule has 2 aromatic carbocycles. The third kappa shape index (κ3) is 4.61. The molecule has 1 heterocycles. The van der Waals surface area contributed by atoms with Crippen LogP contribution in [-0.4, -0.2) is 46.9 Å². The highest BCUT2D eigenvalue weighted by atomic mass is 35.5. The van der Waals surface area contributed by atoms with Crippen LogP contribution in [0.1, 0.15) is 28.8 Å². The number of aromatic hydroxyl groups is 1. The molecule has 1 aliphatic heterocycles. The molecule has 1 saturated heterocycles. The van der Waals surface area contributed by atoms with Crippen molar-refractivity contribution in [2.45, 2.75) is 19.4 Å². The highest BCUT2D eigenvalue weighted by Gasteiger charge is 2.30. The minimum Gasteiger partial charge on any atom is -0.508 e. The Balaban J connectivity index is 1.64. The summed E-state index contributed by atoms with van der Waals surface area (Å²) in [5.74, 6) is -0.134. The van der Waals surface area contributed by atoms with Crippen molar-refractivity contribution in [2.24, 2.45) is 5.92 Å². The predicted molar refractivity (Wildman–Crippen MR) is 105 cm³/mol. The van der Waals surface area contributed by atoms with Crippen LogP contribution in [0, 0.1) is 5.92 Å². The average Bonchev–Trinajstić information content (AvgIpc) is 2.69. The Kier molecular flexibility index (Phi) is 6.01. The first-order valence-corrected chi connectivity index (χ1v) is 9.40. The summed E-state index contributed by atoms with van der Waals surface area (Å²) in [5.41, 5.74) is 1.29. The Labute approximate surface area is 164 Å². The molecule has 1 fully saturated rings. The molecule has 1 atom stereocenters. The molecular weight excluding hydrogens is 364 g/mol. The third-order valence-corrected chi connectivity index (χ3v) is 5.18. The maximum atomic E-state index is 12.9. The summed E-state index contributed by atoms with van der Waals surface area (Å²) < 4.78 is 0. The van der Waals surface area contributed by atoms with Crippen molar-refractivity contribution in [1.82, 2.24) is 9.80 Å². The van der Waals surface area contributed by atoms with Crippen LogP contribution in [0.2, 0.25) is 5.02 Å². The van der Waals surface area contributed by atoms with E-state index in [1.54, 1.807) is 59.3 Å². The van der Waals surface area contributed by atoms with Crippen LogP contribution in [-0.2, 0) is 11.3 Å². The van der Waals surface area contributed by atoms with Crippen molar-refractivity contribution < 1.29 is 14.7 Å². The summed E-state index contributed by atoms with van der Waals surface area (Å²) in [4.78, 5) is 28.9. The Morgan fingerprint density at radius 3 is 2.59 bits per heavy atom. The van der Waals surface area contributed by atoms with Gasteiger partial charge in [-0.05, 0) is 43.2 Å². The number of benzene rings is 2. The second-order valence-corrected chi connectivity index (χ2v) is 7.36. The van der Waals surface area contributed by atoms with Crippen molar-refractivity contribution in [2.75, 3.05) is 20.1 Å². The van der Waals surface area contributed by atoms with Crippen LogP contribution in [0.15, 0.2) is 48.5 Å². The number of hydrogen-bond acceptors (Lipinski definition) is 3. The van der Waals surface area contributed by atoms with Gasteiger partial charge in [0.1, 0.15) is 5.75 Å². The SMILES string of the molecule is CN(Cc1ccccc1O)C(=O)[C@@H]1CCCN(C(=O)c2ccc(Cl)cc2)C1. The number of phenols is 1. The second-order valence-electron chi connectivity index (χ2n) is 6.92. The summed E-state index contributed by atoms with van der Waals surface area (Å²) in [7, 11) is 1.73. The minimum atomic E-state index is -0.231. The molecule has 0 unspecified atom stereocenters. The Bertz CT molecular complexity index is 822. The number of para-hydroxylation sites is 1. The van der Waals surface area contributed by atoms with Crippen LogP contribution in [0.3, 0.4) is 0 Å². The van der Waals surface area contributed by atoms with Crippen molar-refractivity contribution in [3.8, 4) is 5.75 Å². The number of likely N-dealkylation sites (tertiary alicyclic amines) is 1. The summed E-state index contributed by atoms with van der Waals surface area (Å²) in [6, 6.07) is 13.8. The Morgan fingerprint density at radius 1 is 1.19 bits per heavy atom. The number of hydrogen-bond donors (Lipinski definition) is 1. The maximum Gasteiger partial charge on any atom is 0.253 e. The number of carbonyl (C=O) groups is 2. The lowest BCUT2D eigenvalue weighted by molar-refractivity contribution is -0.136. The van der Waals surface area contributed by atoms with Crippen LogP contribution in [0.25, 0.3) is 0 Å². The fourth-order valence-electron chi connectivity index (χ4n) is 3.43. The van der Waals surface area contributed by atoms with Crippen LogP contribution in [0.4, 0.5) is 0 Å². The first-order chi connectivity index (χ1) is 13.0. The van der Waals surface area contributed by atoms with E-state index in [0.29, 0.717) is 35.8 Å². The Hall–Kier alpha value is -2.53. The molecule has 3 rings (SSSR count). The van der Waals surface area contributed by atoms with Gasteiger partial charge in [-0.2, -0.15) is 0 Å². The molecule has 0 saturated carbocycles. The van der Waals surface area contributed by atoms with Gasteiger partial charge in [0.25, 0.3) is 5.91 Å². The zero-order valence-electron chi connectivity index (χ0n) is 15.3. The van der Waals surface area contributed by atoms with Gasteiger partial charge in [0.15, 0.2) is 0 Å². The minimum absolute atomic E-state index is 0.00754. The number of piperidine rings is 1. The fraction of sp³-hybridized carbons (Fsp3) is 0.333. The van der Waals surface area contributed by atoms with Crippen molar-refractivity contribution in [3.05, 3.63) is 64.7 Å². The maximum absolute atomic E-state index is 12.9. The van der Waals surface area contributed by atoms with Crippen LogP contribution in [0.5, 0.6) is 5.75 Å². The van der Waals surface area contributed by atoms with Gasteiger partial charge in [-0.25, -0.2) is 0 Å². The van der Waals surface area contributed by atoms with Gasteiger partial charge >= 0.3 is 0 Å². The molecule has 0 radical (unpaired) electrons. The lowest BCUT2D eigenvalue weighted by Crippen LogP contribution is -2.45. The van der Waals surface area contributed by atoms with E-state index in [2.05, 4.69) is 0 Å². The molecule has 0 aliphatic carbocycles. The number of rotatable bonds is 4. The summed E-state index contributed by atoms with van der Waals surface area (Å²) >= 11 is 5.89. The van der Waals surface area contributed by atoms with Gasteiger partial charge in [0, 0.05) is 42.8 Å². The van der Waals surface area contributed by atoms with E-state index >= 15 is 0 Å². The molecular formula is C21H23ClN2O3. The van der Waals surface area contributed by atoms with Gasteiger partial charge in [0.2, 0.25) is 5.91 Å². The molecule has 2 amide bonds. The Morgan fingerprint density at radius 2 is 1.89 bits per heavy atom. The van der Waals surface area contributed by atoms with Gasteiger partial charge < -0.3 is 14.9 Å². The van der Waals surface area contributed by atoms with E-state index in [4.69, 9.17) is 11.6 Å². The van der Waals surface area contributed by atoms with Crippen LogP contribution < -0.4 is 0 Å². The standard InChI is InChI=1S/C21H23ClN2O3/c1-23(13-16-5-2-3-7-19(16)25)20(26)17-6-4-12-24(14-17)21(27)15-8-10-18(22)11-9-15/h2-3,5,7-11,17,25H,4,6,12-14H2,1H3/t17-/m1/s1. The number of halogens is 1. The monoisotopic (exact) mass is 386 g/mol. The zero-order valence-corrected chi connectivity index (χ0v) is 16.0. The fourth-order valence-corrected chi connectivity index (χ4v) is 3.55. The second kappa shape index (κ2) is 8.44. The normalized spacial score (nSPS) is 16.8. The highest BCUT2D eigenvalue weighted by Crippen LogP contribution is 2.23. The van der Waals surface area contributed by atoms with Crippen molar-refractivity contribution in [1.29, 1.82) is 0 Å². The first-order valence-electron chi connectivity index (χ1n) is 9.02. The summed E-state index contributed by atoms with van der Waals surface area (Å²) in [6.07, 6.45) is 1.55. The number of nitrogens with zero attached hydrogens (tertiary/aromatic N) is 2. The molecule has 27 heavy (non-hydrogen) atoms. The average molecular weight is 387 g/mol. The van der Waals surface area contributed by atoms with E-state index < -0.39 is 0 Å². The van der Waals surface area contributed by atoms with E-state index in [1.165, 1.54) is 0 Å². The zero-order chi connectivity index (χ0) is 19.4. The van der Waals surface area contributed by atoms with E-state index in [-0.39, 0.29) is 23.5 Å². The molecule has 1 aliphatic rings. The van der Waals surface area contributed by atoms with Gasteiger partial charge in [-0.3, -0.25) is 9.59 Å². The molecule has 0 spiro atoms. The number of amides is 2. The smallest absolute Gasteiger partial charge is 0.253 e. The molecule has 2 aromatic rings. The molecule has 142 valence electrons. The topological polar surface area (TPSA) is 60.9 Å². The number of carbonyl (C=O) groups excluding carboxylic acids is 2. The highest BCUT2D eigenvalue weighted by molar-refractivity contribution is 6.30.